The Balaban J connectivity index is 1.77. The third kappa shape index (κ3) is 28.0. The molecule has 7 N–H and O–H groups in total. The molecule has 0 aromatic carbocycles. The predicted octanol–water partition coefficient (Wildman–Crippen LogP) is 7.77. The largest absolute Gasteiger partial charge is 0.462 e. The molecule has 394 valence electrons. The number of aliphatic hydroxyl groups excluding tert-OH is 7. The number of aliphatic hydroxyl groups is 7. The first-order valence-electron chi connectivity index (χ1n) is 26.8. The number of ether oxygens (including phenoxy) is 6. The third-order valence-corrected chi connectivity index (χ3v) is 13.0. The molecule has 0 saturated carbocycles. The van der Waals surface area contributed by atoms with Gasteiger partial charge in [0.2, 0.25) is 0 Å². The molecule has 0 aromatic heterocycles. The molecule has 0 aromatic rings. The molecule has 0 radical (unpaired) electrons. The van der Waals surface area contributed by atoms with Crippen LogP contribution in [-0.4, -0.2) is 142 Å². The molecule has 2 aliphatic heterocycles. The van der Waals surface area contributed by atoms with E-state index in [-0.39, 0.29) is 26.1 Å². The Morgan fingerprint density at radius 3 is 1.31 bits per heavy atom. The molecule has 0 bridgehead atoms. The zero-order valence-corrected chi connectivity index (χ0v) is 41.7. The Kier molecular flexibility index (Phi) is 36.5. The molecule has 2 aliphatic rings. The molecule has 15 heteroatoms. The van der Waals surface area contributed by atoms with Crippen LogP contribution in [0.5, 0.6) is 0 Å². The quantitative estimate of drug-likeness (QED) is 0.0176. The lowest BCUT2D eigenvalue weighted by Crippen LogP contribution is -2.61. The Morgan fingerprint density at radius 1 is 0.463 bits per heavy atom. The minimum absolute atomic E-state index is 0.170. The maximum atomic E-state index is 13.0. The Hall–Kier alpha value is -1.76. The van der Waals surface area contributed by atoms with Gasteiger partial charge in [0, 0.05) is 12.8 Å². The van der Waals surface area contributed by atoms with E-state index in [0.29, 0.717) is 12.8 Å². The number of hydrogen-bond donors (Lipinski definition) is 7. The fraction of sp³-hybridized carbons (Fsp3) is 0.923. The number of rotatable bonds is 42. The van der Waals surface area contributed by atoms with Crippen LogP contribution in [0.4, 0.5) is 0 Å². The van der Waals surface area contributed by atoms with Gasteiger partial charge in [-0.2, -0.15) is 0 Å². The van der Waals surface area contributed by atoms with E-state index in [1.165, 1.54) is 135 Å². The highest BCUT2D eigenvalue weighted by molar-refractivity contribution is 5.70. The summed E-state index contributed by atoms with van der Waals surface area (Å²) in [7, 11) is 0. The zero-order valence-electron chi connectivity index (χ0n) is 41.7. The van der Waals surface area contributed by atoms with Crippen molar-refractivity contribution in [1.82, 2.24) is 0 Å². The van der Waals surface area contributed by atoms with Crippen LogP contribution in [0.25, 0.3) is 0 Å². The van der Waals surface area contributed by atoms with E-state index in [1.807, 2.05) is 0 Å². The van der Waals surface area contributed by atoms with Gasteiger partial charge >= 0.3 is 11.9 Å². The topological polar surface area (TPSA) is 231 Å². The van der Waals surface area contributed by atoms with Crippen molar-refractivity contribution < 1.29 is 73.8 Å². The molecule has 2 rings (SSSR count). The Morgan fingerprint density at radius 2 is 0.851 bits per heavy atom. The maximum Gasteiger partial charge on any atom is 0.306 e. The van der Waals surface area contributed by atoms with Crippen LogP contribution in [-0.2, 0) is 38.0 Å². The smallest absolute Gasteiger partial charge is 0.306 e. The van der Waals surface area contributed by atoms with Crippen LogP contribution < -0.4 is 0 Å². The van der Waals surface area contributed by atoms with Gasteiger partial charge in [-0.05, 0) is 38.5 Å². The van der Waals surface area contributed by atoms with Crippen molar-refractivity contribution in [2.45, 2.75) is 280 Å². The maximum absolute atomic E-state index is 13.0. The minimum atomic E-state index is -1.76. The summed E-state index contributed by atoms with van der Waals surface area (Å²) in [5, 5.41) is 72.1. The van der Waals surface area contributed by atoms with Crippen molar-refractivity contribution in [3.8, 4) is 0 Å². The minimum Gasteiger partial charge on any atom is -0.462 e. The second kappa shape index (κ2) is 39.9. The van der Waals surface area contributed by atoms with Crippen LogP contribution in [0.1, 0.15) is 213 Å². The van der Waals surface area contributed by atoms with Crippen LogP contribution in [0, 0.1) is 0 Å². The number of hydrogen-bond acceptors (Lipinski definition) is 15. The van der Waals surface area contributed by atoms with Gasteiger partial charge in [-0.3, -0.25) is 9.59 Å². The lowest BCUT2D eigenvalue weighted by Gasteiger charge is -2.42. The molecule has 0 amide bonds. The zero-order chi connectivity index (χ0) is 48.9. The van der Waals surface area contributed by atoms with E-state index in [1.54, 1.807) is 0 Å². The molecule has 0 spiro atoms. The standard InChI is InChI=1S/C52H96O15/c1-3-5-7-9-11-13-15-17-18-19-20-21-22-23-25-26-28-30-32-34-43(54)62-37-40(65-44(55)35-33-31-29-27-24-16-14-12-10-8-6-4-2)38-63-51-50(61)48(59)46(57)42(67-51)39-64-52-49(60)47(58)45(56)41(36-53)66-52/h17-18,40-42,45-53,56-61H,3-16,19-39H2,1-2H3/b18-17+/t40-,41+,42+,45-,46-,47?,48?,49?,50?,51+,52+/m0/s1. The summed E-state index contributed by atoms with van der Waals surface area (Å²) in [4.78, 5) is 25.8. The van der Waals surface area contributed by atoms with E-state index in [9.17, 15) is 45.3 Å². The van der Waals surface area contributed by atoms with Gasteiger partial charge in [0.25, 0.3) is 0 Å². The lowest BCUT2D eigenvalue weighted by atomic mass is 9.98. The van der Waals surface area contributed by atoms with E-state index < -0.39 is 92.7 Å². The second-order valence-electron chi connectivity index (χ2n) is 19.1. The SMILES string of the molecule is CCCCCCCC/C=C/CCCCCCCCCCCC(=O)OC[C@@H](CO[C@@H]1O[C@H](CO[C@@H]2O[C@H](CO)[C@H](O)C(O)C2O)[C@H](O)C(O)C1O)OC(=O)CCCCCCCCCCCCCC. The van der Waals surface area contributed by atoms with Crippen molar-refractivity contribution in [2.75, 3.05) is 26.4 Å². The summed E-state index contributed by atoms with van der Waals surface area (Å²) in [5.74, 6) is -0.917. The van der Waals surface area contributed by atoms with Gasteiger partial charge in [0.05, 0.1) is 19.8 Å². The van der Waals surface area contributed by atoms with Crippen LogP contribution >= 0.6 is 0 Å². The van der Waals surface area contributed by atoms with E-state index in [0.717, 1.165) is 38.5 Å². The van der Waals surface area contributed by atoms with Crippen molar-refractivity contribution in [3.05, 3.63) is 12.2 Å². The number of carbonyl (C=O) groups excluding carboxylic acids is 2. The molecule has 67 heavy (non-hydrogen) atoms. The second-order valence-corrected chi connectivity index (χ2v) is 19.1. The summed E-state index contributed by atoms with van der Waals surface area (Å²) in [5.41, 5.74) is 0. The van der Waals surface area contributed by atoms with E-state index in [4.69, 9.17) is 28.4 Å². The van der Waals surface area contributed by atoms with Crippen molar-refractivity contribution in [2.24, 2.45) is 0 Å². The van der Waals surface area contributed by atoms with Gasteiger partial charge < -0.3 is 64.2 Å². The van der Waals surface area contributed by atoms with Crippen LogP contribution in [0.2, 0.25) is 0 Å². The fourth-order valence-electron chi connectivity index (χ4n) is 8.57. The summed E-state index contributed by atoms with van der Waals surface area (Å²) >= 11 is 0. The number of carbonyl (C=O) groups is 2. The van der Waals surface area contributed by atoms with Crippen LogP contribution in [0.15, 0.2) is 12.2 Å². The summed E-state index contributed by atoms with van der Waals surface area (Å²) < 4.78 is 33.6. The molecular formula is C52H96O15. The summed E-state index contributed by atoms with van der Waals surface area (Å²) in [6, 6.07) is 0. The number of unbranched alkanes of at least 4 members (excludes halogenated alkanes) is 26. The van der Waals surface area contributed by atoms with Crippen LogP contribution in [0.3, 0.4) is 0 Å². The Bertz CT molecular complexity index is 1220. The first-order chi connectivity index (χ1) is 32.5. The monoisotopic (exact) mass is 961 g/mol. The van der Waals surface area contributed by atoms with Crippen molar-refractivity contribution in [3.63, 3.8) is 0 Å². The van der Waals surface area contributed by atoms with Crippen molar-refractivity contribution in [1.29, 1.82) is 0 Å². The van der Waals surface area contributed by atoms with Gasteiger partial charge in [0.15, 0.2) is 18.7 Å². The first kappa shape index (κ1) is 61.4. The molecule has 2 saturated heterocycles. The van der Waals surface area contributed by atoms with E-state index in [2.05, 4.69) is 26.0 Å². The highest BCUT2D eigenvalue weighted by Gasteiger charge is 2.47. The highest BCUT2D eigenvalue weighted by Crippen LogP contribution is 2.27. The van der Waals surface area contributed by atoms with Gasteiger partial charge in [0.1, 0.15) is 55.4 Å². The summed E-state index contributed by atoms with van der Waals surface area (Å²) in [6.45, 7) is 2.60. The number of allylic oxidation sites excluding steroid dienone is 2. The van der Waals surface area contributed by atoms with Crippen molar-refractivity contribution >= 4 is 11.9 Å². The summed E-state index contributed by atoms with van der Waals surface area (Å²) in [6.07, 6.45) is 22.4. The van der Waals surface area contributed by atoms with Gasteiger partial charge in [-0.15, -0.1) is 0 Å². The average Bonchev–Trinajstić information content (AvgIpc) is 3.32. The molecular weight excluding hydrogens is 865 g/mol. The molecule has 0 aliphatic carbocycles. The normalized spacial score (nSPS) is 26.0. The predicted molar refractivity (Wildman–Crippen MR) is 257 cm³/mol. The third-order valence-electron chi connectivity index (χ3n) is 13.0. The molecule has 15 nitrogen and oxygen atoms in total. The van der Waals surface area contributed by atoms with Gasteiger partial charge in [-0.25, -0.2) is 0 Å². The molecule has 2 fully saturated rings. The average molecular weight is 961 g/mol. The van der Waals surface area contributed by atoms with E-state index >= 15 is 0 Å². The lowest BCUT2D eigenvalue weighted by molar-refractivity contribution is -0.332. The highest BCUT2D eigenvalue weighted by atomic mass is 16.7. The molecule has 4 unspecified atom stereocenters. The van der Waals surface area contributed by atoms with Gasteiger partial charge in [-0.1, -0.05) is 174 Å². The molecule has 11 atom stereocenters. The number of esters is 2. The fourth-order valence-corrected chi connectivity index (χ4v) is 8.57. The molecule has 2 heterocycles. The Labute approximate surface area is 403 Å². The first-order valence-corrected chi connectivity index (χ1v) is 26.8.